The van der Waals surface area contributed by atoms with Crippen LogP contribution in [-0.4, -0.2) is 29.1 Å². The number of piperidine rings is 1. The zero-order valence-electron chi connectivity index (χ0n) is 15.9. The number of dihydropyridines is 1. The first-order valence-electron chi connectivity index (χ1n) is 10.0. The number of nitrogens with one attached hydrogen (secondary N) is 1. The zero-order valence-corrected chi connectivity index (χ0v) is 15.9. The van der Waals surface area contributed by atoms with E-state index in [4.69, 9.17) is 0 Å². The number of aromatic nitrogens is 1. The van der Waals surface area contributed by atoms with Crippen LogP contribution >= 0.6 is 0 Å². The SMILES string of the molecule is C[C@]1(C2C=CC(c3cc(C4CC4)c4cccnc4c3)=NC2=O)CCCNC1=O. The summed E-state index contributed by atoms with van der Waals surface area (Å²) < 4.78 is 0. The van der Waals surface area contributed by atoms with Crippen LogP contribution in [0.3, 0.4) is 0 Å². The summed E-state index contributed by atoms with van der Waals surface area (Å²) in [6.45, 7) is 2.56. The van der Waals surface area contributed by atoms with E-state index in [9.17, 15) is 9.59 Å². The number of hydrogen-bond acceptors (Lipinski definition) is 3. The minimum Gasteiger partial charge on any atom is -0.356 e. The Morgan fingerprint density at radius 2 is 2.07 bits per heavy atom. The van der Waals surface area contributed by atoms with Gasteiger partial charge < -0.3 is 5.32 Å². The molecule has 1 N–H and O–H groups in total. The Bertz CT molecular complexity index is 1050. The summed E-state index contributed by atoms with van der Waals surface area (Å²) in [7, 11) is 0. The molecule has 5 rings (SSSR count). The minimum atomic E-state index is -0.717. The number of amides is 2. The third-order valence-corrected chi connectivity index (χ3v) is 6.37. The van der Waals surface area contributed by atoms with Gasteiger partial charge in [-0.05, 0) is 68.4 Å². The molecular weight excluding hydrogens is 350 g/mol. The molecule has 1 unspecified atom stereocenters. The van der Waals surface area contributed by atoms with Gasteiger partial charge in [0.15, 0.2) is 0 Å². The van der Waals surface area contributed by atoms with E-state index in [0.29, 0.717) is 24.6 Å². The molecule has 3 aliphatic rings. The molecule has 28 heavy (non-hydrogen) atoms. The molecule has 2 fully saturated rings. The van der Waals surface area contributed by atoms with Crippen molar-refractivity contribution in [2.75, 3.05) is 6.54 Å². The molecule has 5 heteroatoms. The van der Waals surface area contributed by atoms with Crippen molar-refractivity contribution in [3.63, 3.8) is 0 Å². The van der Waals surface area contributed by atoms with Crippen molar-refractivity contribution in [1.82, 2.24) is 10.3 Å². The van der Waals surface area contributed by atoms with Gasteiger partial charge in [-0.15, -0.1) is 0 Å². The van der Waals surface area contributed by atoms with Crippen LogP contribution in [0.25, 0.3) is 10.9 Å². The van der Waals surface area contributed by atoms with Gasteiger partial charge in [0, 0.05) is 23.7 Å². The summed E-state index contributed by atoms with van der Waals surface area (Å²) in [6.07, 6.45) is 9.56. The number of allylic oxidation sites excluding steroid dienone is 1. The second kappa shape index (κ2) is 6.36. The second-order valence-corrected chi connectivity index (χ2v) is 8.36. The first kappa shape index (κ1) is 17.3. The molecule has 0 bridgehead atoms. The van der Waals surface area contributed by atoms with Crippen molar-refractivity contribution in [3.8, 4) is 0 Å². The highest BCUT2D eigenvalue weighted by molar-refractivity contribution is 6.17. The van der Waals surface area contributed by atoms with Crippen LogP contribution in [-0.2, 0) is 9.59 Å². The van der Waals surface area contributed by atoms with Gasteiger partial charge in [-0.3, -0.25) is 14.6 Å². The van der Waals surface area contributed by atoms with E-state index in [2.05, 4.69) is 27.4 Å². The maximum Gasteiger partial charge on any atom is 0.254 e. The molecule has 2 amide bonds. The van der Waals surface area contributed by atoms with E-state index < -0.39 is 11.3 Å². The summed E-state index contributed by atoms with van der Waals surface area (Å²) >= 11 is 0. The fourth-order valence-corrected chi connectivity index (χ4v) is 4.50. The summed E-state index contributed by atoms with van der Waals surface area (Å²) in [6, 6.07) is 8.25. The molecule has 0 spiro atoms. The van der Waals surface area contributed by atoms with E-state index in [1.807, 2.05) is 31.2 Å². The largest absolute Gasteiger partial charge is 0.356 e. The van der Waals surface area contributed by atoms with Gasteiger partial charge in [0.25, 0.3) is 5.91 Å². The molecular formula is C23H23N3O2. The lowest BCUT2D eigenvalue weighted by molar-refractivity contribution is -0.140. The van der Waals surface area contributed by atoms with Crippen LogP contribution < -0.4 is 5.32 Å². The highest BCUT2D eigenvalue weighted by Crippen LogP contribution is 2.44. The van der Waals surface area contributed by atoms with Crippen LogP contribution in [0.5, 0.6) is 0 Å². The Hall–Kier alpha value is -2.82. The molecule has 5 nitrogen and oxygen atoms in total. The van der Waals surface area contributed by atoms with Crippen molar-refractivity contribution in [3.05, 3.63) is 53.7 Å². The number of fused-ring (bicyclic) bond motifs is 1. The van der Waals surface area contributed by atoms with Gasteiger partial charge >= 0.3 is 0 Å². The van der Waals surface area contributed by atoms with Crippen molar-refractivity contribution in [2.45, 2.75) is 38.5 Å². The highest BCUT2D eigenvalue weighted by atomic mass is 16.2. The van der Waals surface area contributed by atoms with E-state index >= 15 is 0 Å². The summed E-state index contributed by atoms with van der Waals surface area (Å²) in [5.41, 5.74) is 3.10. The molecule has 1 aliphatic carbocycles. The molecule has 2 aromatic rings. The first-order chi connectivity index (χ1) is 13.6. The molecule has 2 aliphatic heterocycles. The Labute approximate surface area is 164 Å². The lowest BCUT2D eigenvalue weighted by Gasteiger charge is -2.37. The van der Waals surface area contributed by atoms with E-state index in [1.165, 1.54) is 23.8 Å². The highest BCUT2D eigenvalue weighted by Gasteiger charge is 2.46. The molecule has 1 aromatic carbocycles. The number of benzene rings is 1. The Morgan fingerprint density at radius 3 is 2.82 bits per heavy atom. The van der Waals surface area contributed by atoms with Crippen LogP contribution in [0.2, 0.25) is 0 Å². The average molecular weight is 373 g/mol. The van der Waals surface area contributed by atoms with Gasteiger partial charge in [-0.2, -0.15) is 0 Å². The van der Waals surface area contributed by atoms with E-state index in [-0.39, 0.29) is 11.8 Å². The lowest BCUT2D eigenvalue weighted by Crippen LogP contribution is -2.50. The molecule has 2 atom stereocenters. The molecule has 142 valence electrons. The van der Waals surface area contributed by atoms with Crippen molar-refractivity contribution in [2.24, 2.45) is 16.3 Å². The number of carbonyl (C=O) groups is 2. The van der Waals surface area contributed by atoms with E-state index in [1.54, 1.807) is 6.20 Å². The third-order valence-electron chi connectivity index (χ3n) is 6.37. The standard InChI is InChI=1S/C23H23N3O2/c1-23(9-3-11-25-22(23)28)18-7-8-19(26-21(18)27)15-12-17(14-5-6-14)16-4-2-10-24-20(16)13-15/h2,4,7-8,10,12-14,18H,3,5-6,9,11H2,1H3,(H,25,28)/t18?,23-/m1/s1. The number of rotatable bonds is 3. The maximum atomic E-state index is 12.9. The van der Waals surface area contributed by atoms with Crippen molar-refractivity contribution < 1.29 is 9.59 Å². The number of aliphatic imine (C=N–C) groups is 1. The molecule has 1 saturated carbocycles. The molecule has 0 radical (unpaired) electrons. The summed E-state index contributed by atoms with van der Waals surface area (Å²) in [4.78, 5) is 34.2. The fourth-order valence-electron chi connectivity index (χ4n) is 4.50. The molecule has 1 aromatic heterocycles. The third kappa shape index (κ3) is 2.77. The van der Waals surface area contributed by atoms with Gasteiger partial charge in [0.05, 0.1) is 22.6 Å². The summed E-state index contributed by atoms with van der Waals surface area (Å²) in [5, 5.41) is 4.08. The van der Waals surface area contributed by atoms with Crippen LogP contribution in [0.1, 0.15) is 49.7 Å². The quantitative estimate of drug-likeness (QED) is 0.895. The smallest absolute Gasteiger partial charge is 0.254 e. The minimum absolute atomic E-state index is 0.0497. The number of pyridine rings is 1. The average Bonchev–Trinajstić information content (AvgIpc) is 3.54. The number of hydrogen-bond donors (Lipinski definition) is 1. The maximum absolute atomic E-state index is 12.9. The molecule has 1 saturated heterocycles. The fraction of sp³-hybridized carbons (Fsp3) is 0.391. The number of nitrogens with zero attached hydrogens (tertiary/aromatic N) is 2. The lowest BCUT2D eigenvalue weighted by atomic mass is 9.70. The normalized spacial score (nSPS) is 27.6. The zero-order chi connectivity index (χ0) is 19.3. The monoisotopic (exact) mass is 373 g/mol. The van der Waals surface area contributed by atoms with Crippen LogP contribution in [0, 0.1) is 11.3 Å². The topological polar surface area (TPSA) is 71.4 Å². The second-order valence-electron chi connectivity index (χ2n) is 8.36. The Kier molecular flexibility index (Phi) is 3.93. The first-order valence-corrected chi connectivity index (χ1v) is 10.0. The van der Waals surface area contributed by atoms with Gasteiger partial charge in [-0.25, -0.2) is 4.99 Å². The Morgan fingerprint density at radius 1 is 1.21 bits per heavy atom. The summed E-state index contributed by atoms with van der Waals surface area (Å²) in [5.74, 6) is -0.205. The number of carbonyl (C=O) groups excluding carboxylic acids is 2. The molecule has 3 heterocycles. The predicted octanol–water partition coefficient (Wildman–Crippen LogP) is 3.53. The van der Waals surface area contributed by atoms with Crippen molar-refractivity contribution >= 4 is 28.4 Å². The predicted molar refractivity (Wildman–Crippen MR) is 108 cm³/mol. The van der Waals surface area contributed by atoms with Crippen LogP contribution in [0.15, 0.2) is 47.6 Å². The van der Waals surface area contributed by atoms with Gasteiger partial charge in [0.1, 0.15) is 0 Å². The Balaban J connectivity index is 1.51. The van der Waals surface area contributed by atoms with Crippen molar-refractivity contribution in [1.29, 1.82) is 0 Å². The van der Waals surface area contributed by atoms with Crippen LogP contribution in [0.4, 0.5) is 0 Å². The van der Waals surface area contributed by atoms with Gasteiger partial charge in [-0.1, -0.05) is 12.1 Å². The van der Waals surface area contributed by atoms with E-state index in [0.717, 1.165) is 17.5 Å². The van der Waals surface area contributed by atoms with Gasteiger partial charge in [0.2, 0.25) is 5.91 Å².